The topological polar surface area (TPSA) is 3.24 Å². The van der Waals surface area contributed by atoms with Crippen molar-refractivity contribution in [3.05, 3.63) is 59.2 Å². The third kappa shape index (κ3) is 2.98. The molecule has 0 bridgehead atoms. The number of hydrogen-bond acceptors (Lipinski definition) is 1. The predicted molar refractivity (Wildman–Crippen MR) is 84.5 cm³/mol. The van der Waals surface area contributed by atoms with Crippen LogP contribution < -0.4 is 4.90 Å². The minimum Gasteiger partial charge on any atom is -0.345 e. The summed E-state index contributed by atoms with van der Waals surface area (Å²) in [5.74, 6) is 0.584. The van der Waals surface area contributed by atoms with E-state index in [1.165, 1.54) is 28.1 Å². The second kappa shape index (κ2) is 5.48. The number of rotatable bonds is 3. The van der Waals surface area contributed by atoms with Gasteiger partial charge < -0.3 is 4.90 Å². The normalized spacial score (nSPS) is 10.8. The van der Waals surface area contributed by atoms with Crippen molar-refractivity contribution >= 4 is 11.4 Å². The summed E-state index contributed by atoms with van der Waals surface area (Å²) in [5, 5.41) is 0. The Morgan fingerprint density at radius 1 is 0.789 bits per heavy atom. The first-order valence-corrected chi connectivity index (χ1v) is 6.90. The van der Waals surface area contributed by atoms with Crippen molar-refractivity contribution in [1.82, 2.24) is 0 Å². The first-order chi connectivity index (χ1) is 8.99. The molecule has 1 heteroatoms. The van der Waals surface area contributed by atoms with Gasteiger partial charge in [0.1, 0.15) is 0 Å². The number of benzene rings is 2. The van der Waals surface area contributed by atoms with E-state index in [0.29, 0.717) is 5.92 Å². The largest absolute Gasteiger partial charge is 0.345 e. The van der Waals surface area contributed by atoms with E-state index in [0.717, 1.165) is 0 Å². The first kappa shape index (κ1) is 13.7. The van der Waals surface area contributed by atoms with Crippen molar-refractivity contribution < 1.29 is 0 Å². The molecule has 0 N–H and O–H groups in total. The molecule has 0 aliphatic rings. The van der Waals surface area contributed by atoms with Gasteiger partial charge >= 0.3 is 0 Å². The van der Waals surface area contributed by atoms with Crippen molar-refractivity contribution in [1.29, 1.82) is 0 Å². The van der Waals surface area contributed by atoms with Gasteiger partial charge in [0.15, 0.2) is 0 Å². The lowest BCUT2D eigenvalue weighted by atomic mass is 10.0. The highest BCUT2D eigenvalue weighted by molar-refractivity contribution is 5.63. The van der Waals surface area contributed by atoms with Gasteiger partial charge in [0.25, 0.3) is 0 Å². The van der Waals surface area contributed by atoms with Gasteiger partial charge in [-0.15, -0.1) is 0 Å². The summed E-state index contributed by atoms with van der Waals surface area (Å²) in [7, 11) is 2.12. The van der Waals surface area contributed by atoms with E-state index in [2.05, 4.69) is 82.1 Å². The summed E-state index contributed by atoms with van der Waals surface area (Å²) >= 11 is 0. The van der Waals surface area contributed by atoms with Crippen molar-refractivity contribution in [2.24, 2.45) is 0 Å². The van der Waals surface area contributed by atoms with Crippen molar-refractivity contribution in [3.8, 4) is 0 Å². The number of anilines is 2. The lowest BCUT2D eigenvalue weighted by Gasteiger charge is -2.21. The lowest BCUT2D eigenvalue weighted by Crippen LogP contribution is -2.09. The van der Waals surface area contributed by atoms with Crippen LogP contribution in [-0.2, 0) is 0 Å². The fraction of sp³-hybridized carbons (Fsp3) is 0.333. The molecule has 100 valence electrons. The first-order valence-electron chi connectivity index (χ1n) is 6.90. The van der Waals surface area contributed by atoms with Crippen molar-refractivity contribution in [3.63, 3.8) is 0 Å². The van der Waals surface area contributed by atoms with Crippen LogP contribution in [0.25, 0.3) is 0 Å². The fourth-order valence-corrected chi connectivity index (χ4v) is 2.17. The second-order valence-corrected chi connectivity index (χ2v) is 5.57. The molecule has 0 spiro atoms. The maximum absolute atomic E-state index is 2.24. The van der Waals surface area contributed by atoms with Gasteiger partial charge in [-0.2, -0.15) is 0 Å². The number of nitrogens with zero attached hydrogens (tertiary/aromatic N) is 1. The molecular formula is C18H23N. The summed E-state index contributed by atoms with van der Waals surface area (Å²) in [5.41, 5.74) is 6.53. The van der Waals surface area contributed by atoms with Crippen LogP contribution in [0.4, 0.5) is 11.4 Å². The summed E-state index contributed by atoms with van der Waals surface area (Å²) in [6.45, 7) is 8.76. The fourth-order valence-electron chi connectivity index (χ4n) is 2.17. The summed E-state index contributed by atoms with van der Waals surface area (Å²) in [6.07, 6.45) is 0. The van der Waals surface area contributed by atoms with E-state index in [1.807, 2.05) is 0 Å². The molecule has 0 fully saturated rings. The summed E-state index contributed by atoms with van der Waals surface area (Å²) in [6, 6.07) is 15.4. The van der Waals surface area contributed by atoms with Gasteiger partial charge in [-0.25, -0.2) is 0 Å². The minimum atomic E-state index is 0.584. The Morgan fingerprint density at radius 2 is 1.37 bits per heavy atom. The highest BCUT2D eigenvalue weighted by atomic mass is 15.1. The molecule has 0 aliphatic carbocycles. The van der Waals surface area contributed by atoms with E-state index in [1.54, 1.807) is 0 Å². The molecule has 2 aromatic rings. The molecule has 0 amide bonds. The standard InChI is InChI=1S/C18H23N/c1-13(2)16-7-10-17(11-8-16)19(5)18-9-6-14(3)15(4)12-18/h6-13H,1-5H3. The molecule has 2 rings (SSSR count). The molecule has 0 radical (unpaired) electrons. The molecule has 0 saturated carbocycles. The van der Waals surface area contributed by atoms with Gasteiger partial charge in [0, 0.05) is 18.4 Å². The lowest BCUT2D eigenvalue weighted by molar-refractivity contribution is 0.866. The Labute approximate surface area is 116 Å². The van der Waals surface area contributed by atoms with Crippen LogP contribution in [0.3, 0.4) is 0 Å². The smallest absolute Gasteiger partial charge is 0.0410 e. The maximum atomic E-state index is 2.24. The molecule has 1 nitrogen and oxygen atoms in total. The zero-order valence-corrected chi connectivity index (χ0v) is 12.6. The molecule has 0 aromatic heterocycles. The molecule has 19 heavy (non-hydrogen) atoms. The highest BCUT2D eigenvalue weighted by Crippen LogP contribution is 2.26. The molecule has 0 aliphatic heterocycles. The van der Waals surface area contributed by atoms with Gasteiger partial charge in [0.2, 0.25) is 0 Å². The van der Waals surface area contributed by atoms with Crippen LogP contribution in [0.1, 0.15) is 36.5 Å². The molecule has 0 unspecified atom stereocenters. The molecular weight excluding hydrogens is 230 g/mol. The van der Waals surface area contributed by atoms with Gasteiger partial charge in [-0.3, -0.25) is 0 Å². The van der Waals surface area contributed by atoms with E-state index < -0.39 is 0 Å². The van der Waals surface area contributed by atoms with Gasteiger partial charge in [-0.1, -0.05) is 32.0 Å². The van der Waals surface area contributed by atoms with E-state index >= 15 is 0 Å². The summed E-state index contributed by atoms with van der Waals surface area (Å²) in [4.78, 5) is 2.23. The average Bonchev–Trinajstić information content (AvgIpc) is 2.41. The number of hydrogen-bond donors (Lipinski definition) is 0. The van der Waals surface area contributed by atoms with E-state index in [-0.39, 0.29) is 0 Å². The molecule has 0 atom stereocenters. The van der Waals surface area contributed by atoms with E-state index in [9.17, 15) is 0 Å². The van der Waals surface area contributed by atoms with Gasteiger partial charge in [0.05, 0.1) is 0 Å². The van der Waals surface area contributed by atoms with Crippen LogP contribution in [0.2, 0.25) is 0 Å². The highest BCUT2D eigenvalue weighted by Gasteiger charge is 2.06. The van der Waals surface area contributed by atoms with Crippen LogP contribution >= 0.6 is 0 Å². The van der Waals surface area contributed by atoms with Crippen LogP contribution in [0, 0.1) is 13.8 Å². The van der Waals surface area contributed by atoms with E-state index in [4.69, 9.17) is 0 Å². The third-order valence-corrected chi connectivity index (χ3v) is 3.82. The Hall–Kier alpha value is -1.76. The molecule has 0 heterocycles. The average molecular weight is 253 g/mol. The third-order valence-electron chi connectivity index (χ3n) is 3.82. The van der Waals surface area contributed by atoms with Crippen LogP contribution in [0.15, 0.2) is 42.5 Å². The Morgan fingerprint density at radius 3 is 1.89 bits per heavy atom. The van der Waals surface area contributed by atoms with Gasteiger partial charge in [-0.05, 0) is 60.7 Å². The second-order valence-electron chi connectivity index (χ2n) is 5.57. The van der Waals surface area contributed by atoms with Crippen molar-refractivity contribution in [2.45, 2.75) is 33.6 Å². The zero-order chi connectivity index (χ0) is 14.0. The molecule has 0 saturated heterocycles. The van der Waals surface area contributed by atoms with Crippen molar-refractivity contribution in [2.75, 3.05) is 11.9 Å². The van der Waals surface area contributed by atoms with Crippen LogP contribution in [-0.4, -0.2) is 7.05 Å². The minimum absolute atomic E-state index is 0.584. The Bertz CT molecular complexity index is 552. The quantitative estimate of drug-likeness (QED) is 0.727. The number of aryl methyl sites for hydroxylation is 2. The zero-order valence-electron chi connectivity index (χ0n) is 12.6. The Kier molecular flexibility index (Phi) is 3.94. The summed E-state index contributed by atoms with van der Waals surface area (Å²) < 4.78 is 0. The monoisotopic (exact) mass is 253 g/mol. The predicted octanol–water partition coefficient (Wildman–Crippen LogP) is 5.19. The van der Waals surface area contributed by atoms with Crippen LogP contribution in [0.5, 0.6) is 0 Å². The Balaban J connectivity index is 2.27. The maximum Gasteiger partial charge on any atom is 0.0410 e. The molecule has 2 aromatic carbocycles. The SMILES string of the molecule is Cc1ccc(N(C)c2ccc(C(C)C)cc2)cc1C.